The lowest BCUT2D eigenvalue weighted by Gasteiger charge is -2.31. The minimum Gasteiger partial charge on any atom is -0.508 e. The molecule has 30 heavy (non-hydrogen) atoms. The van der Waals surface area contributed by atoms with Crippen molar-refractivity contribution in [1.29, 1.82) is 0 Å². The molecule has 2 aromatic rings. The van der Waals surface area contributed by atoms with Crippen molar-refractivity contribution >= 4 is 19.3 Å². The second kappa shape index (κ2) is 9.98. The van der Waals surface area contributed by atoms with Gasteiger partial charge in [-0.3, -0.25) is 4.57 Å². The summed E-state index contributed by atoms with van der Waals surface area (Å²) in [5, 5.41) is 23.2. The molecule has 8 nitrogen and oxygen atoms in total. The van der Waals surface area contributed by atoms with E-state index in [1.165, 1.54) is 19.2 Å². The maximum Gasteiger partial charge on any atom is 0.357 e. The molecule has 1 unspecified atom stereocenters. The van der Waals surface area contributed by atoms with Crippen molar-refractivity contribution in [3.63, 3.8) is 0 Å². The predicted molar refractivity (Wildman–Crippen MR) is 114 cm³/mol. The summed E-state index contributed by atoms with van der Waals surface area (Å²) >= 11 is 0. The van der Waals surface area contributed by atoms with Crippen molar-refractivity contribution in [3.8, 4) is 11.5 Å². The Morgan fingerprint density at radius 2 is 1.53 bits per heavy atom. The van der Waals surface area contributed by atoms with Crippen molar-refractivity contribution in [2.24, 2.45) is 0 Å². The highest BCUT2D eigenvalue weighted by atomic mass is 31.2. The number of esters is 1. The molecule has 2 rings (SSSR count). The van der Waals surface area contributed by atoms with Crippen LogP contribution in [0.15, 0.2) is 42.5 Å². The third-order valence-corrected chi connectivity index (χ3v) is 6.42. The van der Waals surface area contributed by atoms with Crippen LogP contribution in [-0.2, 0) is 18.3 Å². The summed E-state index contributed by atoms with van der Waals surface area (Å²) in [6.45, 7) is 6.93. The first-order valence-corrected chi connectivity index (χ1v) is 11.1. The van der Waals surface area contributed by atoms with Crippen LogP contribution in [0.4, 0.5) is 5.69 Å². The lowest BCUT2D eigenvalue weighted by atomic mass is 10.1. The van der Waals surface area contributed by atoms with Crippen LogP contribution in [0.3, 0.4) is 0 Å². The van der Waals surface area contributed by atoms with E-state index in [-0.39, 0.29) is 17.1 Å². The van der Waals surface area contributed by atoms with Gasteiger partial charge in [0, 0.05) is 17.3 Å². The fraction of sp³-hybridized carbons (Fsp3) is 0.381. The van der Waals surface area contributed by atoms with E-state index in [9.17, 15) is 19.6 Å². The molecule has 0 radical (unpaired) electrons. The van der Waals surface area contributed by atoms with Crippen molar-refractivity contribution in [2.75, 3.05) is 12.4 Å². The van der Waals surface area contributed by atoms with Crippen LogP contribution < -0.4 is 5.32 Å². The zero-order chi connectivity index (χ0) is 22.5. The highest BCUT2D eigenvalue weighted by molar-refractivity contribution is 7.54. The number of benzene rings is 2. The molecule has 164 valence electrons. The van der Waals surface area contributed by atoms with Gasteiger partial charge in [-0.15, -0.1) is 0 Å². The summed E-state index contributed by atoms with van der Waals surface area (Å²) in [6.07, 6.45) is -0.834. The summed E-state index contributed by atoms with van der Waals surface area (Å²) < 4.78 is 30.0. The van der Waals surface area contributed by atoms with Crippen molar-refractivity contribution in [3.05, 3.63) is 53.6 Å². The van der Waals surface area contributed by atoms with E-state index >= 15 is 0 Å². The monoisotopic (exact) mass is 437 g/mol. The second-order valence-electron chi connectivity index (χ2n) is 7.21. The average molecular weight is 437 g/mol. The van der Waals surface area contributed by atoms with E-state index in [1.807, 2.05) is 0 Å². The van der Waals surface area contributed by atoms with E-state index in [2.05, 4.69) is 5.32 Å². The molecule has 0 aliphatic rings. The number of methoxy groups -OCH3 is 1. The Morgan fingerprint density at radius 1 is 0.967 bits per heavy atom. The highest BCUT2D eigenvalue weighted by Crippen LogP contribution is 2.63. The lowest BCUT2D eigenvalue weighted by molar-refractivity contribution is 0.0600. The first-order valence-electron chi connectivity index (χ1n) is 9.49. The third kappa shape index (κ3) is 5.98. The molecule has 0 amide bonds. The van der Waals surface area contributed by atoms with Gasteiger partial charge in [0.05, 0.1) is 24.9 Å². The zero-order valence-corrected chi connectivity index (χ0v) is 18.6. The zero-order valence-electron chi connectivity index (χ0n) is 17.7. The van der Waals surface area contributed by atoms with Gasteiger partial charge in [0.15, 0.2) is 5.78 Å². The quantitative estimate of drug-likeness (QED) is 0.369. The number of rotatable bonds is 9. The van der Waals surface area contributed by atoms with Gasteiger partial charge in [-0.05, 0) is 64.1 Å². The Bertz CT molecular complexity index is 898. The Balaban J connectivity index is 2.52. The minimum atomic E-state index is -3.85. The molecule has 0 aliphatic carbocycles. The number of aromatic hydroxyl groups is 2. The van der Waals surface area contributed by atoms with Gasteiger partial charge in [-0.2, -0.15) is 0 Å². The first kappa shape index (κ1) is 23.7. The SMILES string of the molecule is COC(=O)c1ccc(NC(c2ccc(O)cc2O)P(=O)(OC(C)C)OC(C)C)cc1. The van der Waals surface area contributed by atoms with E-state index in [0.29, 0.717) is 11.3 Å². The molecule has 0 bridgehead atoms. The Morgan fingerprint density at radius 3 is 2.00 bits per heavy atom. The molecule has 9 heteroatoms. The number of anilines is 1. The number of carbonyl (C=O) groups excluding carboxylic acids is 1. The average Bonchev–Trinajstić information content (AvgIpc) is 2.65. The number of phenols is 2. The van der Waals surface area contributed by atoms with Crippen molar-refractivity contribution < 1.29 is 33.4 Å². The molecule has 0 saturated carbocycles. The number of ether oxygens (including phenoxy) is 1. The van der Waals surface area contributed by atoms with Gasteiger partial charge in [0.2, 0.25) is 0 Å². The maximum absolute atomic E-state index is 13.8. The Hall–Kier alpha value is -2.54. The summed E-state index contributed by atoms with van der Waals surface area (Å²) in [4.78, 5) is 11.7. The van der Waals surface area contributed by atoms with Crippen LogP contribution in [0.25, 0.3) is 0 Å². The Kier molecular flexibility index (Phi) is 7.89. The standard InChI is InChI=1S/C21H28NO7P/c1-13(2)28-30(26,29-14(3)4)20(18-11-10-17(23)12-19(18)24)22-16-8-6-15(7-9-16)21(25)27-5/h6-14,20,22-24H,1-5H3. The fourth-order valence-electron chi connectivity index (χ4n) is 2.80. The van der Waals surface area contributed by atoms with Crippen LogP contribution in [0.1, 0.15) is 49.4 Å². The van der Waals surface area contributed by atoms with Crippen molar-refractivity contribution in [1.82, 2.24) is 0 Å². The normalized spacial score (nSPS) is 12.8. The molecule has 0 heterocycles. The second-order valence-corrected chi connectivity index (χ2v) is 9.22. The number of hydrogen-bond acceptors (Lipinski definition) is 8. The Labute approximate surface area is 176 Å². The summed E-state index contributed by atoms with van der Waals surface area (Å²) in [7, 11) is -2.56. The van der Waals surface area contributed by atoms with Gasteiger partial charge in [0.1, 0.15) is 11.5 Å². The molecular weight excluding hydrogens is 409 g/mol. The van der Waals surface area contributed by atoms with Gasteiger partial charge in [-0.25, -0.2) is 4.79 Å². The molecule has 0 aromatic heterocycles. The predicted octanol–water partition coefficient (Wildman–Crippen LogP) is 5.04. The number of carbonyl (C=O) groups is 1. The molecular formula is C21H28NO7P. The number of hydrogen-bond donors (Lipinski definition) is 3. The van der Waals surface area contributed by atoms with E-state index in [4.69, 9.17) is 13.8 Å². The topological polar surface area (TPSA) is 114 Å². The van der Waals surface area contributed by atoms with E-state index in [1.54, 1.807) is 52.0 Å². The molecule has 0 spiro atoms. The summed E-state index contributed by atoms with van der Waals surface area (Å²) in [5.41, 5.74) is 1.10. The summed E-state index contributed by atoms with van der Waals surface area (Å²) in [6, 6.07) is 10.3. The smallest absolute Gasteiger partial charge is 0.357 e. The minimum absolute atomic E-state index is 0.137. The number of phenolic OH excluding ortho intramolecular Hbond substituents is 2. The molecule has 1 atom stereocenters. The van der Waals surface area contributed by atoms with Crippen LogP contribution in [0, 0.1) is 0 Å². The van der Waals surface area contributed by atoms with E-state index < -0.39 is 31.6 Å². The van der Waals surface area contributed by atoms with E-state index in [0.717, 1.165) is 6.07 Å². The van der Waals surface area contributed by atoms with Gasteiger partial charge >= 0.3 is 13.6 Å². The van der Waals surface area contributed by atoms with Crippen LogP contribution in [-0.4, -0.2) is 35.5 Å². The van der Waals surface area contributed by atoms with Gasteiger partial charge in [0.25, 0.3) is 0 Å². The van der Waals surface area contributed by atoms with Gasteiger partial charge < -0.3 is 29.3 Å². The fourth-order valence-corrected chi connectivity index (χ4v) is 5.14. The van der Waals surface area contributed by atoms with Crippen LogP contribution >= 0.6 is 7.60 Å². The third-order valence-electron chi connectivity index (χ3n) is 3.95. The van der Waals surface area contributed by atoms with Crippen molar-refractivity contribution in [2.45, 2.75) is 45.7 Å². The highest BCUT2D eigenvalue weighted by Gasteiger charge is 2.41. The molecule has 3 N–H and O–H groups in total. The molecule has 0 saturated heterocycles. The van der Waals surface area contributed by atoms with Gasteiger partial charge in [-0.1, -0.05) is 0 Å². The lowest BCUT2D eigenvalue weighted by Crippen LogP contribution is -2.19. The molecule has 2 aromatic carbocycles. The van der Waals surface area contributed by atoms with Crippen LogP contribution in [0.5, 0.6) is 11.5 Å². The molecule has 0 fully saturated rings. The first-order chi connectivity index (χ1) is 14.1. The largest absolute Gasteiger partial charge is 0.508 e. The van der Waals surface area contributed by atoms with Crippen LogP contribution in [0.2, 0.25) is 0 Å². The number of nitrogens with one attached hydrogen (secondary N) is 1. The maximum atomic E-state index is 13.8. The summed E-state index contributed by atoms with van der Waals surface area (Å²) in [5.74, 6) is -1.96. The molecule has 0 aliphatic heterocycles.